The van der Waals surface area contributed by atoms with Crippen LogP contribution >= 0.6 is 0 Å². The van der Waals surface area contributed by atoms with Crippen LogP contribution in [0.15, 0.2) is 29.2 Å². The van der Waals surface area contributed by atoms with Crippen molar-refractivity contribution < 1.29 is 13.2 Å². The van der Waals surface area contributed by atoms with E-state index in [-0.39, 0.29) is 10.9 Å². The lowest BCUT2D eigenvalue weighted by atomic mass is 10.2. The number of nitrogens with one attached hydrogen (secondary N) is 1. The van der Waals surface area contributed by atoms with Crippen LogP contribution in [0.25, 0.3) is 0 Å². The van der Waals surface area contributed by atoms with Gasteiger partial charge < -0.3 is 4.74 Å². The lowest BCUT2D eigenvalue weighted by Gasteiger charge is -2.16. The lowest BCUT2D eigenvalue weighted by Crippen LogP contribution is -2.34. The number of benzene rings is 1. The van der Waals surface area contributed by atoms with Crippen LogP contribution in [0.3, 0.4) is 0 Å². The Morgan fingerprint density at radius 3 is 2.35 bits per heavy atom. The van der Waals surface area contributed by atoms with Crippen molar-refractivity contribution in [3.63, 3.8) is 0 Å². The van der Waals surface area contributed by atoms with Gasteiger partial charge in [-0.1, -0.05) is 26.0 Å². The fourth-order valence-corrected chi connectivity index (χ4v) is 3.15. The molecule has 0 aliphatic rings. The lowest BCUT2D eigenvalue weighted by molar-refractivity contribution is 0.401. The number of hydrogen-bond acceptors (Lipinski definition) is 3. The average molecular weight is 257 g/mol. The van der Waals surface area contributed by atoms with E-state index in [1.54, 1.807) is 24.3 Å². The number of para-hydroxylation sites is 1. The highest BCUT2D eigenvalue weighted by molar-refractivity contribution is 7.89. The van der Waals surface area contributed by atoms with Crippen molar-refractivity contribution in [2.24, 2.45) is 0 Å². The first-order valence-corrected chi connectivity index (χ1v) is 7.18. The first kappa shape index (κ1) is 14.0. The summed E-state index contributed by atoms with van der Waals surface area (Å²) in [7, 11) is -2.04. The zero-order chi connectivity index (χ0) is 12.9. The van der Waals surface area contributed by atoms with Crippen LogP contribution in [-0.4, -0.2) is 21.6 Å². The highest BCUT2D eigenvalue weighted by Crippen LogP contribution is 2.23. The van der Waals surface area contributed by atoms with Crippen molar-refractivity contribution in [3.8, 4) is 5.75 Å². The molecule has 0 aliphatic carbocycles. The highest BCUT2D eigenvalue weighted by Gasteiger charge is 2.21. The molecule has 1 aromatic carbocycles. The first-order chi connectivity index (χ1) is 8.05. The smallest absolute Gasteiger partial charge is 0.244 e. The second kappa shape index (κ2) is 6.02. The largest absolute Gasteiger partial charge is 0.495 e. The molecule has 5 heteroatoms. The second-order valence-corrected chi connectivity index (χ2v) is 5.47. The zero-order valence-corrected chi connectivity index (χ0v) is 11.3. The SMILES string of the molecule is CCC(CC)NS(=O)(=O)c1ccccc1OC. The summed E-state index contributed by atoms with van der Waals surface area (Å²) in [5.41, 5.74) is 0. The Bertz CT molecular complexity index is 453. The van der Waals surface area contributed by atoms with Crippen molar-refractivity contribution in [1.29, 1.82) is 0 Å². The van der Waals surface area contributed by atoms with Crippen LogP contribution in [0.5, 0.6) is 5.75 Å². The van der Waals surface area contributed by atoms with E-state index in [9.17, 15) is 8.42 Å². The van der Waals surface area contributed by atoms with Gasteiger partial charge in [0.05, 0.1) is 7.11 Å². The van der Waals surface area contributed by atoms with Crippen LogP contribution in [0.1, 0.15) is 26.7 Å². The highest BCUT2D eigenvalue weighted by atomic mass is 32.2. The normalized spacial score (nSPS) is 11.8. The second-order valence-electron chi connectivity index (χ2n) is 3.79. The van der Waals surface area contributed by atoms with Crippen LogP contribution < -0.4 is 9.46 Å². The van der Waals surface area contributed by atoms with E-state index in [0.717, 1.165) is 12.8 Å². The summed E-state index contributed by atoms with van der Waals surface area (Å²) in [6.07, 6.45) is 1.54. The van der Waals surface area contributed by atoms with Crippen LogP contribution in [0, 0.1) is 0 Å². The van der Waals surface area contributed by atoms with E-state index in [4.69, 9.17) is 4.74 Å². The molecule has 0 fully saturated rings. The van der Waals surface area contributed by atoms with Gasteiger partial charge in [0.25, 0.3) is 0 Å². The molecule has 0 saturated heterocycles. The minimum Gasteiger partial charge on any atom is -0.495 e. The molecule has 0 bridgehead atoms. The van der Waals surface area contributed by atoms with Gasteiger partial charge in [0.2, 0.25) is 10.0 Å². The summed E-state index contributed by atoms with van der Waals surface area (Å²) in [5.74, 6) is 0.367. The van der Waals surface area contributed by atoms with Crippen molar-refractivity contribution >= 4 is 10.0 Å². The van der Waals surface area contributed by atoms with Crippen LogP contribution in [0.2, 0.25) is 0 Å². The Kier molecular flexibility index (Phi) is 4.96. The summed E-state index contributed by atoms with van der Waals surface area (Å²) >= 11 is 0. The number of methoxy groups -OCH3 is 1. The summed E-state index contributed by atoms with van der Waals surface area (Å²) in [6, 6.07) is 6.58. The number of sulfonamides is 1. The molecule has 0 atom stereocenters. The molecular formula is C12H19NO3S. The molecule has 0 spiro atoms. The van der Waals surface area contributed by atoms with Crippen molar-refractivity contribution in [1.82, 2.24) is 4.72 Å². The van der Waals surface area contributed by atoms with Gasteiger partial charge >= 0.3 is 0 Å². The Morgan fingerprint density at radius 2 is 1.82 bits per heavy atom. The van der Waals surface area contributed by atoms with Gasteiger partial charge in [0.1, 0.15) is 10.6 Å². The van der Waals surface area contributed by atoms with Crippen LogP contribution in [-0.2, 0) is 10.0 Å². The maximum Gasteiger partial charge on any atom is 0.244 e. The molecule has 1 aromatic rings. The fourth-order valence-electron chi connectivity index (χ4n) is 1.58. The van der Waals surface area contributed by atoms with E-state index >= 15 is 0 Å². The molecule has 0 saturated carbocycles. The fraction of sp³-hybridized carbons (Fsp3) is 0.500. The minimum atomic E-state index is -3.50. The summed E-state index contributed by atoms with van der Waals surface area (Å²) in [5, 5.41) is 0. The number of hydrogen-bond donors (Lipinski definition) is 1. The molecule has 0 aromatic heterocycles. The number of rotatable bonds is 6. The van der Waals surface area contributed by atoms with E-state index in [2.05, 4.69) is 4.72 Å². The van der Waals surface area contributed by atoms with E-state index in [1.807, 2.05) is 13.8 Å². The quantitative estimate of drug-likeness (QED) is 0.849. The topological polar surface area (TPSA) is 55.4 Å². The Hall–Kier alpha value is -1.07. The zero-order valence-electron chi connectivity index (χ0n) is 10.4. The third-order valence-electron chi connectivity index (χ3n) is 2.67. The van der Waals surface area contributed by atoms with E-state index < -0.39 is 10.0 Å². The molecule has 0 radical (unpaired) electrons. The molecular weight excluding hydrogens is 238 g/mol. The van der Waals surface area contributed by atoms with Gasteiger partial charge in [-0.3, -0.25) is 0 Å². The summed E-state index contributed by atoms with van der Waals surface area (Å²) in [4.78, 5) is 0.189. The van der Waals surface area contributed by atoms with Gasteiger partial charge in [0, 0.05) is 6.04 Å². The van der Waals surface area contributed by atoms with Crippen molar-refractivity contribution in [2.75, 3.05) is 7.11 Å². The standard InChI is InChI=1S/C12H19NO3S/c1-4-10(5-2)13-17(14,15)12-9-7-6-8-11(12)16-3/h6-10,13H,4-5H2,1-3H3. The molecule has 0 unspecified atom stereocenters. The summed E-state index contributed by atoms with van der Waals surface area (Å²) in [6.45, 7) is 3.91. The van der Waals surface area contributed by atoms with Gasteiger partial charge in [0.15, 0.2) is 0 Å². The molecule has 4 nitrogen and oxygen atoms in total. The predicted octanol–water partition coefficient (Wildman–Crippen LogP) is 2.16. The Balaban J connectivity index is 3.04. The molecule has 1 rings (SSSR count). The molecule has 1 N–H and O–H groups in total. The summed E-state index contributed by atoms with van der Waals surface area (Å²) < 4.78 is 32.0. The maximum atomic E-state index is 12.1. The third kappa shape index (κ3) is 3.44. The molecule has 96 valence electrons. The molecule has 0 amide bonds. The first-order valence-electron chi connectivity index (χ1n) is 5.70. The van der Waals surface area contributed by atoms with Crippen molar-refractivity contribution in [2.45, 2.75) is 37.6 Å². The minimum absolute atomic E-state index is 0.0371. The predicted molar refractivity (Wildman–Crippen MR) is 67.7 cm³/mol. The van der Waals surface area contributed by atoms with Gasteiger partial charge in [-0.15, -0.1) is 0 Å². The Labute approximate surface area is 103 Å². The number of ether oxygens (including phenoxy) is 1. The maximum absolute atomic E-state index is 12.1. The van der Waals surface area contributed by atoms with Gasteiger partial charge in [-0.2, -0.15) is 0 Å². The monoisotopic (exact) mass is 257 g/mol. The average Bonchev–Trinajstić information content (AvgIpc) is 2.35. The molecule has 0 aliphatic heterocycles. The van der Waals surface area contributed by atoms with E-state index in [0.29, 0.717) is 5.75 Å². The van der Waals surface area contributed by atoms with Crippen LogP contribution in [0.4, 0.5) is 0 Å². The van der Waals surface area contributed by atoms with Gasteiger partial charge in [-0.25, -0.2) is 13.1 Å². The Morgan fingerprint density at radius 1 is 1.24 bits per heavy atom. The van der Waals surface area contributed by atoms with Crippen molar-refractivity contribution in [3.05, 3.63) is 24.3 Å². The molecule has 17 heavy (non-hydrogen) atoms. The van der Waals surface area contributed by atoms with Gasteiger partial charge in [-0.05, 0) is 25.0 Å². The van der Waals surface area contributed by atoms with E-state index in [1.165, 1.54) is 7.11 Å². The molecule has 0 heterocycles. The third-order valence-corrected chi connectivity index (χ3v) is 4.23.